The highest BCUT2D eigenvalue weighted by atomic mass is 35.5. The molecule has 0 aromatic heterocycles. The summed E-state index contributed by atoms with van der Waals surface area (Å²) in [4.78, 5) is 12.1. The van der Waals surface area contributed by atoms with E-state index in [9.17, 15) is 18.0 Å². The van der Waals surface area contributed by atoms with E-state index in [0.29, 0.717) is 28.5 Å². The Kier molecular flexibility index (Phi) is 6.26. The van der Waals surface area contributed by atoms with E-state index in [4.69, 9.17) is 23.2 Å². The number of urea groups is 1. The number of carbonyl (C=O) groups excluding carboxylic acids is 1. The molecule has 1 aromatic carbocycles. The Morgan fingerprint density at radius 1 is 1.29 bits per heavy atom. The first kappa shape index (κ1) is 19.2. The Bertz CT molecular complexity index is 595. The summed E-state index contributed by atoms with van der Waals surface area (Å²) >= 11 is 11.9. The van der Waals surface area contributed by atoms with Gasteiger partial charge < -0.3 is 10.6 Å². The molecule has 0 heterocycles. The predicted molar refractivity (Wildman–Crippen MR) is 88.3 cm³/mol. The summed E-state index contributed by atoms with van der Waals surface area (Å²) < 4.78 is 38.4. The Balaban J connectivity index is 1.90. The van der Waals surface area contributed by atoms with Gasteiger partial charge in [-0.1, -0.05) is 35.7 Å². The topological polar surface area (TPSA) is 41.1 Å². The van der Waals surface area contributed by atoms with Crippen molar-refractivity contribution >= 4 is 29.2 Å². The Morgan fingerprint density at radius 2 is 2.00 bits per heavy atom. The van der Waals surface area contributed by atoms with Crippen LogP contribution in [0.3, 0.4) is 0 Å². The molecule has 134 valence electrons. The van der Waals surface area contributed by atoms with Gasteiger partial charge in [0.05, 0.1) is 12.0 Å². The molecule has 0 spiro atoms. The standard InChI is InChI=1S/C16H19Cl2F3N2O/c1-9(13-6-5-11(17)8-14(13)18)22-15(24)23-12-4-2-3-10(7-12)16(19,20)21/h5-6,8-10,12H,2-4,7H2,1H3,(H2,22,23,24). The summed E-state index contributed by atoms with van der Waals surface area (Å²) in [6.07, 6.45) is -3.15. The van der Waals surface area contributed by atoms with Gasteiger partial charge in [0.25, 0.3) is 0 Å². The third-order valence-electron chi connectivity index (χ3n) is 4.25. The molecular weight excluding hydrogens is 364 g/mol. The van der Waals surface area contributed by atoms with Crippen LogP contribution in [0.15, 0.2) is 18.2 Å². The van der Waals surface area contributed by atoms with Gasteiger partial charge in [-0.3, -0.25) is 0 Å². The van der Waals surface area contributed by atoms with Crippen molar-refractivity contribution in [3.8, 4) is 0 Å². The lowest BCUT2D eigenvalue weighted by Crippen LogP contribution is -2.46. The molecular formula is C16H19Cl2F3N2O. The molecule has 24 heavy (non-hydrogen) atoms. The van der Waals surface area contributed by atoms with E-state index in [1.807, 2.05) is 0 Å². The monoisotopic (exact) mass is 382 g/mol. The third-order valence-corrected chi connectivity index (χ3v) is 4.81. The van der Waals surface area contributed by atoms with Crippen LogP contribution in [0.1, 0.15) is 44.2 Å². The van der Waals surface area contributed by atoms with E-state index in [1.165, 1.54) is 0 Å². The molecule has 1 aromatic rings. The fourth-order valence-electron chi connectivity index (χ4n) is 2.97. The second-order valence-electron chi connectivity index (χ2n) is 6.11. The van der Waals surface area contributed by atoms with Crippen molar-refractivity contribution in [3.63, 3.8) is 0 Å². The predicted octanol–water partition coefficient (Wildman–Crippen LogP) is 5.47. The zero-order valence-electron chi connectivity index (χ0n) is 13.1. The molecule has 3 unspecified atom stereocenters. The Morgan fingerprint density at radius 3 is 2.62 bits per heavy atom. The maximum absolute atomic E-state index is 12.8. The highest BCUT2D eigenvalue weighted by Crippen LogP contribution is 2.37. The van der Waals surface area contributed by atoms with Gasteiger partial charge in [0, 0.05) is 16.1 Å². The molecule has 1 aliphatic rings. The van der Waals surface area contributed by atoms with Gasteiger partial charge in [0.2, 0.25) is 0 Å². The number of alkyl halides is 3. The number of hydrogen-bond donors (Lipinski definition) is 2. The maximum Gasteiger partial charge on any atom is 0.391 e. The number of hydrogen-bond acceptors (Lipinski definition) is 1. The maximum atomic E-state index is 12.8. The normalized spacial score (nSPS) is 22.8. The third kappa shape index (κ3) is 5.18. The number of amides is 2. The number of halogens is 5. The molecule has 0 bridgehead atoms. The van der Waals surface area contributed by atoms with Crippen LogP contribution in [0.2, 0.25) is 10.0 Å². The summed E-state index contributed by atoms with van der Waals surface area (Å²) in [6, 6.07) is 3.57. The molecule has 2 amide bonds. The van der Waals surface area contributed by atoms with E-state index in [-0.39, 0.29) is 12.8 Å². The van der Waals surface area contributed by atoms with Crippen molar-refractivity contribution in [1.82, 2.24) is 10.6 Å². The van der Waals surface area contributed by atoms with Crippen LogP contribution in [-0.4, -0.2) is 18.2 Å². The lowest BCUT2D eigenvalue weighted by Gasteiger charge is -2.31. The van der Waals surface area contributed by atoms with E-state index >= 15 is 0 Å². The minimum Gasteiger partial charge on any atom is -0.335 e. The number of nitrogens with one attached hydrogen (secondary N) is 2. The first-order valence-corrected chi connectivity index (χ1v) is 8.51. The summed E-state index contributed by atoms with van der Waals surface area (Å²) in [7, 11) is 0. The Hall–Kier alpha value is -1.14. The Labute approximate surface area is 148 Å². The highest BCUT2D eigenvalue weighted by Gasteiger charge is 2.42. The minimum absolute atomic E-state index is 0.0764. The molecule has 1 aliphatic carbocycles. The lowest BCUT2D eigenvalue weighted by atomic mass is 9.85. The van der Waals surface area contributed by atoms with Crippen molar-refractivity contribution in [2.75, 3.05) is 0 Å². The zero-order chi connectivity index (χ0) is 17.9. The van der Waals surface area contributed by atoms with Crippen molar-refractivity contribution in [1.29, 1.82) is 0 Å². The molecule has 0 radical (unpaired) electrons. The summed E-state index contributed by atoms with van der Waals surface area (Å²) in [5.41, 5.74) is 0.688. The van der Waals surface area contributed by atoms with Gasteiger partial charge in [-0.15, -0.1) is 0 Å². The molecule has 8 heteroatoms. The van der Waals surface area contributed by atoms with E-state index in [0.717, 1.165) is 0 Å². The summed E-state index contributed by atoms with van der Waals surface area (Å²) in [5.74, 6) is -1.35. The van der Waals surface area contributed by atoms with Crippen LogP contribution >= 0.6 is 23.2 Å². The second kappa shape index (κ2) is 7.83. The number of carbonyl (C=O) groups is 1. The fourth-order valence-corrected chi connectivity index (χ4v) is 3.54. The van der Waals surface area contributed by atoms with Crippen molar-refractivity contribution in [3.05, 3.63) is 33.8 Å². The van der Waals surface area contributed by atoms with Crippen LogP contribution in [0, 0.1) is 5.92 Å². The largest absolute Gasteiger partial charge is 0.391 e. The highest BCUT2D eigenvalue weighted by molar-refractivity contribution is 6.35. The van der Waals surface area contributed by atoms with Crippen molar-refractivity contribution in [2.45, 2.75) is 50.9 Å². The number of benzene rings is 1. The second-order valence-corrected chi connectivity index (χ2v) is 6.95. The molecule has 3 nitrogen and oxygen atoms in total. The molecule has 2 N–H and O–H groups in total. The van der Waals surface area contributed by atoms with Crippen LogP contribution in [0.5, 0.6) is 0 Å². The fraction of sp³-hybridized carbons (Fsp3) is 0.562. The summed E-state index contributed by atoms with van der Waals surface area (Å²) in [6.45, 7) is 1.74. The molecule has 3 atom stereocenters. The van der Waals surface area contributed by atoms with Crippen LogP contribution in [-0.2, 0) is 0 Å². The zero-order valence-corrected chi connectivity index (χ0v) is 14.6. The van der Waals surface area contributed by atoms with E-state index in [2.05, 4.69) is 10.6 Å². The minimum atomic E-state index is -4.21. The SMILES string of the molecule is CC(NC(=O)NC1CCCC(C(F)(F)F)C1)c1ccc(Cl)cc1Cl. The van der Waals surface area contributed by atoms with Gasteiger partial charge in [0.1, 0.15) is 0 Å². The number of rotatable bonds is 3. The van der Waals surface area contributed by atoms with Gasteiger partial charge in [-0.2, -0.15) is 13.2 Å². The molecule has 2 rings (SSSR count). The van der Waals surface area contributed by atoms with E-state index < -0.39 is 30.2 Å². The molecule has 0 aliphatic heterocycles. The average Bonchev–Trinajstić information content (AvgIpc) is 2.46. The smallest absolute Gasteiger partial charge is 0.335 e. The van der Waals surface area contributed by atoms with Gasteiger partial charge in [-0.05, 0) is 43.9 Å². The quantitative estimate of drug-likeness (QED) is 0.714. The van der Waals surface area contributed by atoms with Crippen molar-refractivity contribution in [2.24, 2.45) is 5.92 Å². The molecule has 1 fully saturated rings. The first-order chi connectivity index (χ1) is 11.2. The molecule has 1 saturated carbocycles. The lowest BCUT2D eigenvalue weighted by molar-refractivity contribution is -0.183. The summed E-state index contributed by atoms with van der Waals surface area (Å²) in [5, 5.41) is 6.24. The molecule has 0 saturated heterocycles. The van der Waals surface area contributed by atoms with Crippen LogP contribution < -0.4 is 10.6 Å². The van der Waals surface area contributed by atoms with E-state index in [1.54, 1.807) is 25.1 Å². The van der Waals surface area contributed by atoms with Gasteiger partial charge >= 0.3 is 12.2 Å². The van der Waals surface area contributed by atoms with Crippen molar-refractivity contribution < 1.29 is 18.0 Å². The average molecular weight is 383 g/mol. The van der Waals surface area contributed by atoms with Gasteiger partial charge in [0.15, 0.2) is 0 Å². The van der Waals surface area contributed by atoms with Crippen LogP contribution in [0.25, 0.3) is 0 Å². The van der Waals surface area contributed by atoms with Gasteiger partial charge in [-0.25, -0.2) is 4.79 Å². The first-order valence-electron chi connectivity index (χ1n) is 7.75. The van der Waals surface area contributed by atoms with Crippen LogP contribution in [0.4, 0.5) is 18.0 Å².